The zero-order chi connectivity index (χ0) is 19.9. The van der Waals surface area contributed by atoms with Gasteiger partial charge in [-0.05, 0) is 36.8 Å². The summed E-state index contributed by atoms with van der Waals surface area (Å²) in [6, 6.07) is 18.1. The lowest BCUT2D eigenvalue weighted by Gasteiger charge is -2.13. The number of aromatic nitrogens is 2. The summed E-state index contributed by atoms with van der Waals surface area (Å²) in [6.45, 7) is 3.26. The summed E-state index contributed by atoms with van der Waals surface area (Å²) in [5.74, 6) is 0.626. The Kier molecular flexibility index (Phi) is 5.96. The minimum atomic E-state index is -0.259. The average Bonchev–Trinajstić information content (AvgIpc) is 2.69. The van der Waals surface area contributed by atoms with Crippen LogP contribution in [0.5, 0.6) is 11.6 Å². The number of carbonyl (C=O) groups is 2. The fraction of sp³-hybridized carbons (Fsp3) is 0.143. The second kappa shape index (κ2) is 8.77. The van der Waals surface area contributed by atoms with Gasteiger partial charge in [0.2, 0.25) is 17.7 Å². The number of carbonyl (C=O) groups excluding carboxylic acids is 2. The Morgan fingerprint density at radius 1 is 0.964 bits per heavy atom. The Labute approximate surface area is 162 Å². The Morgan fingerprint density at radius 2 is 1.68 bits per heavy atom. The molecule has 2 aromatic carbocycles. The predicted octanol–water partition coefficient (Wildman–Crippen LogP) is 3.97. The summed E-state index contributed by atoms with van der Waals surface area (Å²) in [7, 11) is 0. The summed E-state index contributed by atoms with van der Waals surface area (Å²) in [4.78, 5) is 31.5. The molecule has 0 aliphatic carbocycles. The standard InChI is InChI=1S/C21H20N4O3/c1-14(16-6-4-3-5-7-16)21(27)25-17-8-10-18(11-9-17)28-20-12-19(22-13-23-20)24-15(2)26/h3-14H,1-2H3,(H,25,27)(H,22,23,24,26)/t14-/m1/s1. The van der Waals surface area contributed by atoms with Crippen LogP contribution in [-0.2, 0) is 9.59 Å². The number of amides is 2. The lowest BCUT2D eigenvalue weighted by molar-refractivity contribution is -0.117. The molecule has 0 spiro atoms. The third-order valence-electron chi connectivity index (χ3n) is 3.98. The van der Waals surface area contributed by atoms with Crippen molar-refractivity contribution in [3.8, 4) is 11.6 Å². The van der Waals surface area contributed by atoms with E-state index in [0.29, 0.717) is 23.1 Å². The van der Waals surface area contributed by atoms with Crippen molar-refractivity contribution in [3.05, 3.63) is 72.6 Å². The van der Waals surface area contributed by atoms with Crippen LogP contribution in [0.1, 0.15) is 25.3 Å². The second-order valence-corrected chi connectivity index (χ2v) is 6.17. The molecule has 142 valence electrons. The molecule has 0 radical (unpaired) electrons. The van der Waals surface area contributed by atoms with Crippen LogP contribution < -0.4 is 15.4 Å². The van der Waals surface area contributed by atoms with Gasteiger partial charge >= 0.3 is 0 Å². The lowest BCUT2D eigenvalue weighted by atomic mass is 10.0. The fourth-order valence-corrected chi connectivity index (χ4v) is 2.51. The summed E-state index contributed by atoms with van der Waals surface area (Å²) >= 11 is 0. The van der Waals surface area contributed by atoms with E-state index in [4.69, 9.17) is 4.74 Å². The van der Waals surface area contributed by atoms with Crippen LogP contribution >= 0.6 is 0 Å². The van der Waals surface area contributed by atoms with E-state index >= 15 is 0 Å². The number of rotatable bonds is 6. The van der Waals surface area contributed by atoms with E-state index in [1.165, 1.54) is 19.3 Å². The number of ether oxygens (including phenoxy) is 1. The van der Waals surface area contributed by atoms with E-state index in [1.807, 2.05) is 37.3 Å². The molecule has 0 aliphatic rings. The summed E-state index contributed by atoms with van der Waals surface area (Å²) in [6.07, 6.45) is 1.31. The van der Waals surface area contributed by atoms with Crippen molar-refractivity contribution in [2.24, 2.45) is 0 Å². The molecule has 7 heteroatoms. The van der Waals surface area contributed by atoms with Crippen LogP contribution in [0.15, 0.2) is 67.0 Å². The highest BCUT2D eigenvalue weighted by Crippen LogP contribution is 2.23. The van der Waals surface area contributed by atoms with Crippen molar-refractivity contribution in [2.75, 3.05) is 10.6 Å². The number of nitrogens with zero attached hydrogens (tertiary/aromatic N) is 2. The van der Waals surface area contributed by atoms with Crippen molar-refractivity contribution in [3.63, 3.8) is 0 Å². The number of hydrogen-bond donors (Lipinski definition) is 2. The Morgan fingerprint density at radius 3 is 2.36 bits per heavy atom. The van der Waals surface area contributed by atoms with E-state index in [-0.39, 0.29) is 17.7 Å². The van der Waals surface area contributed by atoms with Gasteiger partial charge in [-0.2, -0.15) is 0 Å². The molecule has 1 atom stereocenters. The smallest absolute Gasteiger partial charge is 0.231 e. The highest BCUT2D eigenvalue weighted by Gasteiger charge is 2.15. The highest BCUT2D eigenvalue weighted by molar-refractivity contribution is 5.95. The zero-order valence-corrected chi connectivity index (χ0v) is 15.5. The van der Waals surface area contributed by atoms with Crippen molar-refractivity contribution in [1.29, 1.82) is 0 Å². The largest absolute Gasteiger partial charge is 0.439 e. The van der Waals surface area contributed by atoms with E-state index in [1.54, 1.807) is 24.3 Å². The van der Waals surface area contributed by atoms with Crippen LogP contribution in [0.3, 0.4) is 0 Å². The predicted molar refractivity (Wildman–Crippen MR) is 106 cm³/mol. The van der Waals surface area contributed by atoms with Gasteiger partial charge in [-0.3, -0.25) is 9.59 Å². The number of benzene rings is 2. The van der Waals surface area contributed by atoms with Crippen molar-refractivity contribution < 1.29 is 14.3 Å². The van der Waals surface area contributed by atoms with Crippen molar-refractivity contribution >= 4 is 23.3 Å². The molecule has 0 unspecified atom stereocenters. The molecule has 3 aromatic rings. The third kappa shape index (κ3) is 5.14. The molecule has 2 amide bonds. The Hall–Kier alpha value is -3.74. The van der Waals surface area contributed by atoms with E-state index in [2.05, 4.69) is 20.6 Å². The minimum absolute atomic E-state index is 0.0874. The number of hydrogen-bond acceptors (Lipinski definition) is 5. The maximum absolute atomic E-state index is 12.4. The van der Waals surface area contributed by atoms with Gasteiger partial charge in [0.25, 0.3) is 0 Å². The number of nitrogens with one attached hydrogen (secondary N) is 2. The van der Waals surface area contributed by atoms with Gasteiger partial charge in [0.1, 0.15) is 17.9 Å². The van der Waals surface area contributed by atoms with Gasteiger partial charge in [-0.25, -0.2) is 9.97 Å². The Bertz CT molecular complexity index is 959. The lowest BCUT2D eigenvalue weighted by Crippen LogP contribution is -2.18. The third-order valence-corrected chi connectivity index (χ3v) is 3.98. The summed E-state index contributed by atoms with van der Waals surface area (Å²) in [5, 5.41) is 5.46. The first-order valence-corrected chi connectivity index (χ1v) is 8.74. The first kappa shape index (κ1) is 19.0. The normalized spacial score (nSPS) is 11.4. The van der Waals surface area contributed by atoms with Crippen LogP contribution in [-0.4, -0.2) is 21.8 Å². The topological polar surface area (TPSA) is 93.2 Å². The molecule has 1 aromatic heterocycles. The molecule has 0 bridgehead atoms. The van der Waals surface area contributed by atoms with E-state index in [9.17, 15) is 9.59 Å². The van der Waals surface area contributed by atoms with Gasteiger partial charge < -0.3 is 15.4 Å². The Balaban J connectivity index is 1.62. The SMILES string of the molecule is CC(=O)Nc1cc(Oc2ccc(NC(=O)[C@H](C)c3ccccc3)cc2)ncn1. The molecule has 0 fully saturated rings. The molecule has 2 N–H and O–H groups in total. The molecule has 1 heterocycles. The number of anilines is 2. The van der Waals surface area contributed by atoms with Gasteiger partial charge in [0.05, 0.1) is 5.92 Å². The second-order valence-electron chi connectivity index (χ2n) is 6.17. The molecule has 3 rings (SSSR count). The van der Waals surface area contributed by atoms with E-state index in [0.717, 1.165) is 5.56 Å². The molecule has 0 aliphatic heterocycles. The first-order valence-electron chi connectivity index (χ1n) is 8.74. The van der Waals surface area contributed by atoms with Gasteiger partial charge in [0.15, 0.2) is 0 Å². The van der Waals surface area contributed by atoms with Crippen LogP contribution in [0.4, 0.5) is 11.5 Å². The molecule has 7 nitrogen and oxygen atoms in total. The monoisotopic (exact) mass is 376 g/mol. The molecule has 28 heavy (non-hydrogen) atoms. The summed E-state index contributed by atoms with van der Waals surface area (Å²) in [5.41, 5.74) is 1.63. The molecule has 0 saturated carbocycles. The van der Waals surface area contributed by atoms with Crippen molar-refractivity contribution in [1.82, 2.24) is 9.97 Å². The average molecular weight is 376 g/mol. The molecule has 0 saturated heterocycles. The summed E-state index contributed by atoms with van der Waals surface area (Å²) < 4.78 is 5.66. The van der Waals surface area contributed by atoms with Gasteiger partial charge in [-0.1, -0.05) is 30.3 Å². The van der Waals surface area contributed by atoms with E-state index < -0.39 is 0 Å². The highest BCUT2D eigenvalue weighted by atomic mass is 16.5. The quantitative estimate of drug-likeness (QED) is 0.679. The minimum Gasteiger partial charge on any atom is -0.439 e. The first-order chi connectivity index (χ1) is 13.5. The van der Waals surface area contributed by atoms with Crippen molar-refractivity contribution in [2.45, 2.75) is 19.8 Å². The van der Waals surface area contributed by atoms with Gasteiger partial charge in [0, 0.05) is 18.7 Å². The van der Waals surface area contributed by atoms with Crippen LogP contribution in [0.25, 0.3) is 0 Å². The fourth-order valence-electron chi connectivity index (χ4n) is 2.51. The van der Waals surface area contributed by atoms with Gasteiger partial charge in [-0.15, -0.1) is 0 Å². The zero-order valence-electron chi connectivity index (χ0n) is 15.5. The molecular weight excluding hydrogens is 356 g/mol. The molecular formula is C21H20N4O3. The maximum atomic E-state index is 12.4. The van der Waals surface area contributed by atoms with Crippen LogP contribution in [0, 0.1) is 0 Å². The van der Waals surface area contributed by atoms with Crippen LogP contribution in [0.2, 0.25) is 0 Å². The maximum Gasteiger partial charge on any atom is 0.231 e.